The lowest BCUT2D eigenvalue weighted by Gasteiger charge is -2.18. The van der Waals surface area contributed by atoms with Crippen molar-refractivity contribution in [2.45, 2.75) is 0 Å². The van der Waals surface area contributed by atoms with Gasteiger partial charge in [0.05, 0.1) is 6.20 Å². The molecule has 8 N–H and O–H groups in total. The number of nitrogen functional groups attached to an aromatic ring is 2. The maximum absolute atomic E-state index is 11.9. The third kappa shape index (κ3) is 6.47. The summed E-state index contributed by atoms with van der Waals surface area (Å²) in [4.78, 5) is 39.5. The number of rotatable bonds is 7. The van der Waals surface area contributed by atoms with Crippen LogP contribution in [-0.4, -0.2) is 29.3 Å². The third-order valence-corrected chi connectivity index (χ3v) is 6.74. The minimum Gasteiger partial charge on any atom is -0.399 e. The summed E-state index contributed by atoms with van der Waals surface area (Å²) in [5.74, 6) is -0.0685. The van der Waals surface area contributed by atoms with E-state index in [2.05, 4.69) is 18.2 Å². The van der Waals surface area contributed by atoms with Crippen LogP contribution in [0.4, 0.5) is 11.5 Å². The summed E-state index contributed by atoms with van der Waals surface area (Å²) in [7, 11) is -16.7. The molecule has 14 nitrogen and oxygen atoms in total. The van der Waals surface area contributed by atoms with Crippen molar-refractivity contribution in [3.8, 4) is 11.1 Å². The molecular weight excluding hydrogens is 461 g/mol. The monoisotopic (exact) mass is 474 g/mol. The minimum absolute atomic E-state index is 0.0685. The number of benzene rings is 1. The molecular formula is C10H13N4O10P3S. The van der Waals surface area contributed by atoms with Crippen molar-refractivity contribution in [3.63, 3.8) is 0 Å². The van der Waals surface area contributed by atoms with Gasteiger partial charge >= 0.3 is 23.5 Å². The number of nitrogens with zero attached hydrogens (tertiary/aromatic N) is 2. The molecule has 1 aromatic carbocycles. The van der Waals surface area contributed by atoms with E-state index in [-0.39, 0.29) is 11.4 Å². The van der Waals surface area contributed by atoms with Crippen molar-refractivity contribution in [3.05, 3.63) is 35.2 Å². The molecule has 1 heterocycles. The fourth-order valence-electron chi connectivity index (χ4n) is 1.80. The van der Waals surface area contributed by atoms with Crippen molar-refractivity contribution in [2.75, 3.05) is 11.5 Å². The first kappa shape index (κ1) is 22.7. The Morgan fingerprint density at radius 2 is 1.54 bits per heavy atom. The molecule has 0 saturated heterocycles. The highest BCUT2D eigenvalue weighted by molar-refractivity contribution is 7.71. The van der Waals surface area contributed by atoms with Crippen molar-refractivity contribution in [1.82, 2.24) is 9.71 Å². The highest BCUT2D eigenvalue weighted by Crippen LogP contribution is 2.65. The van der Waals surface area contributed by atoms with Crippen molar-refractivity contribution in [1.29, 1.82) is 0 Å². The standard InChI is InChI=1S/C10H13N4O10P3S/c11-7-3-1-6(2-4-7)8-5-14(10(28)13-9(8)12)22-26(18,19)24-27(20,21)23-25(15,16)17/h1-5H,11H2,(H,18,19)(H,20,21)(H2,12,13,28)(H2,15,16,17). The Labute approximate surface area is 161 Å². The van der Waals surface area contributed by atoms with E-state index in [0.717, 1.165) is 6.20 Å². The van der Waals surface area contributed by atoms with Gasteiger partial charge in [0.2, 0.25) is 4.77 Å². The summed E-state index contributed by atoms with van der Waals surface area (Å²) in [5, 5.41) is 0. The predicted molar refractivity (Wildman–Crippen MR) is 97.8 cm³/mol. The molecule has 18 heteroatoms. The van der Waals surface area contributed by atoms with Crippen LogP contribution in [0, 0.1) is 4.77 Å². The molecule has 0 aliphatic heterocycles. The van der Waals surface area contributed by atoms with Crippen LogP contribution in [-0.2, 0) is 22.3 Å². The molecule has 0 fully saturated rings. The zero-order chi connectivity index (χ0) is 21.3. The molecule has 0 spiro atoms. The molecule has 1 aromatic heterocycles. The maximum atomic E-state index is 11.9. The van der Waals surface area contributed by atoms with E-state index >= 15 is 0 Å². The smallest absolute Gasteiger partial charge is 0.399 e. The van der Waals surface area contributed by atoms with Gasteiger partial charge < -0.3 is 30.8 Å². The predicted octanol–water partition coefficient (Wildman–Crippen LogP) is 1.20. The summed E-state index contributed by atoms with van der Waals surface area (Å²) in [6, 6.07) is 6.20. The Bertz CT molecular complexity index is 1080. The van der Waals surface area contributed by atoms with Crippen LogP contribution in [0.3, 0.4) is 0 Å². The first-order valence-corrected chi connectivity index (χ1v) is 11.7. The molecule has 2 atom stereocenters. The summed E-state index contributed by atoms with van der Waals surface area (Å²) in [6.45, 7) is 0. The quantitative estimate of drug-likeness (QED) is 0.188. The first-order valence-electron chi connectivity index (χ1n) is 6.76. The lowest BCUT2D eigenvalue weighted by Crippen LogP contribution is -2.14. The van der Waals surface area contributed by atoms with Gasteiger partial charge in [-0.2, -0.15) is 13.6 Å². The van der Waals surface area contributed by atoms with E-state index in [1.165, 1.54) is 0 Å². The van der Waals surface area contributed by atoms with Gasteiger partial charge in [0, 0.05) is 11.3 Å². The van der Waals surface area contributed by atoms with Crippen LogP contribution in [0.25, 0.3) is 11.1 Å². The highest BCUT2D eigenvalue weighted by atomic mass is 32.1. The van der Waals surface area contributed by atoms with Crippen LogP contribution in [0.2, 0.25) is 0 Å². The van der Waals surface area contributed by atoms with E-state index in [1.807, 2.05) is 0 Å². The van der Waals surface area contributed by atoms with Crippen molar-refractivity contribution >= 4 is 47.2 Å². The summed E-state index contributed by atoms with van der Waals surface area (Å²) in [6.07, 6.45) is 1.04. The highest BCUT2D eigenvalue weighted by Gasteiger charge is 2.42. The van der Waals surface area contributed by atoms with Gasteiger partial charge in [0.1, 0.15) is 5.82 Å². The Kier molecular flexibility index (Phi) is 6.48. The average Bonchev–Trinajstić information content (AvgIpc) is 2.47. The number of aromatic nitrogens is 2. The van der Waals surface area contributed by atoms with Crippen LogP contribution < -0.4 is 16.1 Å². The molecule has 0 aliphatic rings. The number of phosphoric acid groups is 3. The molecule has 2 unspecified atom stereocenters. The Morgan fingerprint density at radius 3 is 2.07 bits per heavy atom. The summed E-state index contributed by atoms with van der Waals surface area (Å²) in [5.41, 5.74) is 12.5. The van der Waals surface area contributed by atoms with Crippen molar-refractivity contribution in [2.24, 2.45) is 0 Å². The third-order valence-electron chi connectivity index (χ3n) is 2.76. The molecule has 28 heavy (non-hydrogen) atoms. The van der Waals surface area contributed by atoms with Gasteiger partial charge in [-0.3, -0.25) is 4.89 Å². The summed E-state index contributed by atoms with van der Waals surface area (Å²) < 4.78 is 45.6. The van der Waals surface area contributed by atoms with Crippen LogP contribution >= 0.6 is 35.7 Å². The SMILES string of the molecule is Nc1ccc(-c2cn(OP(=O)(O)OP(=O)(O)OP(=O)(O)O)c(=S)nc2N)cc1. The first-order chi connectivity index (χ1) is 12.7. The largest absolute Gasteiger partial charge is 0.555 e. The second-order valence-corrected chi connectivity index (χ2v) is 9.63. The molecule has 0 aliphatic carbocycles. The van der Waals surface area contributed by atoms with Crippen molar-refractivity contribution < 1.29 is 46.5 Å². The topological polar surface area (TPSA) is 230 Å². The molecule has 154 valence electrons. The van der Waals surface area contributed by atoms with Crippen LogP contribution in [0.15, 0.2) is 30.5 Å². The zero-order valence-electron chi connectivity index (χ0n) is 13.4. The van der Waals surface area contributed by atoms with E-state index in [4.69, 9.17) is 38.4 Å². The van der Waals surface area contributed by atoms with E-state index in [1.54, 1.807) is 24.3 Å². The lowest BCUT2D eigenvalue weighted by molar-refractivity contribution is 0.156. The van der Waals surface area contributed by atoms with Gasteiger partial charge in [-0.1, -0.05) is 12.1 Å². The minimum atomic E-state index is -5.68. The Balaban J connectivity index is 2.35. The number of hydrogen-bond donors (Lipinski definition) is 6. The molecule has 0 radical (unpaired) electrons. The normalized spacial score (nSPS) is 16.1. The van der Waals surface area contributed by atoms with Gasteiger partial charge in [-0.25, -0.2) is 13.7 Å². The molecule has 0 amide bonds. The molecule has 2 aromatic rings. The second-order valence-electron chi connectivity index (χ2n) is 4.94. The average molecular weight is 474 g/mol. The second kappa shape index (κ2) is 8.01. The van der Waals surface area contributed by atoms with E-state index in [0.29, 0.717) is 16.0 Å². The van der Waals surface area contributed by atoms with Crippen LogP contribution in [0.1, 0.15) is 0 Å². The molecule has 2 rings (SSSR count). The van der Waals surface area contributed by atoms with Gasteiger partial charge in [-0.05, 0) is 29.9 Å². The number of nitrogens with two attached hydrogens (primary N) is 2. The number of hydrogen-bond acceptors (Lipinski definition) is 10. The van der Waals surface area contributed by atoms with Crippen LogP contribution in [0.5, 0.6) is 0 Å². The fraction of sp³-hybridized carbons (Fsp3) is 0. The number of anilines is 2. The Hall–Kier alpha value is -1.63. The van der Waals surface area contributed by atoms with Gasteiger partial charge in [0.15, 0.2) is 0 Å². The van der Waals surface area contributed by atoms with E-state index < -0.39 is 28.2 Å². The molecule has 0 saturated carbocycles. The Morgan fingerprint density at radius 1 is 0.964 bits per heavy atom. The summed E-state index contributed by atoms with van der Waals surface area (Å²) >= 11 is 4.82. The van der Waals surface area contributed by atoms with Gasteiger partial charge in [-0.15, -0.1) is 4.73 Å². The fourth-order valence-corrected chi connectivity index (χ4v) is 5.02. The van der Waals surface area contributed by atoms with E-state index in [9.17, 15) is 18.6 Å². The zero-order valence-corrected chi connectivity index (χ0v) is 16.9. The molecule has 0 bridgehead atoms. The maximum Gasteiger partial charge on any atom is 0.555 e. The van der Waals surface area contributed by atoms with Gasteiger partial charge in [0.25, 0.3) is 0 Å². The lowest BCUT2D eigenvalue weighted by atomic mass is 10.1.